The van der Waals surface area contributed by atoms with E-state index in [2.05, 4.69) is 0 Å². The van der Waals surface area contributed by atoms with Crippen molar-refractivity contribution in [3.63, 3.8) is 0 Å². The van der Waals surface area contributed by atoms with Crippen LogP contribution in [0, 0.1) is 0 Å². The first-order valence-electron chi connectivity index (χ1n) is 3.47. The number of rotatable bonds is 4. The number of ether oxygens (including phenoxy) is 1. The predicted molar refractivity (Wildman–Crippen MR) is 37.4 cm³/mol. The molecule has 0 rings (SSSR count). The van der Waals surface area contributed by atoms with Crippen LogP contribution in [-0.4, -0.2) is 23.9 Å². The molecule has 0 aliphatic carbocycles. The van der Waals surface area contributed by atoms with Crippen LogP contribution < -0.4 is 0 Å². The molecule has 0 aromatic heterocycles. The largest absolute Gasteiger partial charge is 0.394 e. The van der Waals surface area contributed by atoms with Crippen molar-refractivity contribution < 1.29 is 9.84 Å². The molecule has 0 saturated heterocycles. The van der Waals surface area contributed by atoms with E-state index in [4.69, 9.17) is 9.84 Å². The maximum atomic E-state index is 8.65. The summed E-state index contributed by atoms with van der Waals surface area (Å²) in [6.45, 7) is 6.08. The van der Waals surface area contributed by atoms with Crippen molar-refractivity contribution in [3.05, 3.63) is 0 Å². The number of aliphatic hydroxyl groups is 1. The summed E-state index contributed by atoms with van der Waals surface area (Å²) in [6.07, 6.45) is 1.14. The van der Waals surface area contributed by atoms with Crippen LogP contribution in [0.25, 0.3) is 0 Å². The molecule has 0 bridgehead atoms. The lowest BCUT2D eigenvalue weighted by molar-refractivity contribution is -0.0244. The number of aliphatic hydroxyl groups excluding tert-OH is 1. The van der Waals surface area contributed by atoms with Crippen molar-refractivity contribution in [2.45, 2.75) is 39.4 Å². The van der Waals surface area contributed by atoms with Gasteiger partial charge in [0, 0.05) is 0 Å². The standard InChI is InChI=1S/C7H16O2/c1-4-7(5-8)9-6(2)3/h6-8H,4-5H2,1-3H3/t7-/m1/s1. The molecule has 0 spiro atoms. The van der Waals surface area contributed by atoms with E-state index in [1.807, 2.05) is 20.8 Å². The summed E-state index contributed by atoms with van der Waals surface area (Å²) in [5.41, 5.74) is 0. The summed E-state index contributed by atoms with van der Waals surface area (Å²) in [5, 5.41) is 8.65. The molecule has 0 aliphatic heterocycles. The molecule has 1 N–H and O–H groups in total. The molecular weight excluding hydrogens is 116 g/mol. The highest BCUT2D eigenvalue weighted by Crippen LogP contribution is 2.00. The molecule has 2 heteroatoms. The molecule has 0 aromatic carbocycles. The fourth-order valence-electron chi connectivity index (χ4n) is 0.653. The van der Waals surface area contributed by atoms with Gasteiger partial charge in [0.1, 0.15) is 0 Å². The Balaban J connectivity index is 3.31. The van der Waals surface area contributed by atoms with Gasteiger partial charge in [-0.1, -0.05) is 6.92 Å². The second-order valence-corrected chi connectivity index (χ2v) is 2.40. The minimum absolute atomic E-state index is 0.0324. The van der Waals surface area contributed by atoms with E-state index < -0.39 is 0 Å². The Hall–Kier alpha value is -0.0800. The Morgan fingerprint density at radius 3 is 2.11 bits per heavy atom. The third kappa shape index (κ3) is 4.43. The third-order valence-corrected chi connectivity index (χ3v) is 1.12. The van der Waals surface area contributed by atoms with Gasteiger partial charge in [0.25, 0.3) is 0 Å². The van der Waals surface area contributed by atoms with Gasteiger partial charge in [-0.3, -0.25) is 0 Å². The highest BCUT2D eigenvalue weighted by molar-refractivity contribution is 4.52. The first-order valence-corrected chi connectivity index (χ1v) is 3.47. The highest BCUT2D eigenvalue weighted by atomic mass is 16.5. The molecule has 9 heavy (non-hydrogen) atoms. The van der Waals surface area contributed by atoms with E-state index >= 15 is 0 Å². The summed E-state index contributed by atoms with van der Waals surface area (Å²) in [7, 11) is 0. The lowest BCUT2D eigenvalue weighted by atomic mass is 10.3. The zero-order valence-electron chi connectivity index (χ0n) is 6.42. The van der Waals surface area contributed by atoms with Gasteiger partial charge in [0.05, 0.1) is 18.8 Å². The minimum Gasteiger partial charge on any atom is -0.394 e. The summed E-state index contributed by atoms with van der Waals surface area (Å²) in [6, 6.07) is 0. The fraction of sp³-hybridized carbons (Fsp3) is 1.00. The summed E-state index contributed by atoms with van der Waals surface area (Å²) >= 11 is 0. The van der Waals surface area contributed by atoms with Gasteiger partial charge < -0.3 is 9.84 Å². The highest BCUT2D eigenvalue weighted by Gasteiger charge is 2.05. The van der Waals surface area contributed by atoms with Crippen molar-refractivity contribution in [1.82, 2.24) is 0 Å². The second kappa shape index (κ2) is 4.77. The average molecular weight is 132 g/mol. The molecule has 1 atom stereocenters. The monoisotopic (exact) mass is 132 g/mol. The predicted octanol–water partition coefficient (Wildman–Crippen LogP) is 1.18. The molecule has 0 aromatic rings. The van der Waals surface area contributed by atoms with Crippen LogP contribution >= 0.6 is 0 Å². The summed E-state index contributed by atoms with van der Waals surface area (Å²) in [4.78, 5) is 0. The quantitative estimate of drug-likeness (QED) is 0.622. The molecule has 0 radical (unpaired) electrons. The number of hydrogen-bond donors (Lipinski definition) is 1. The van der Waals surface area contributed by atoms with Crippen LogP contribution in [0.2, 0.25) is 0 Å². The van der Waals surface area contributed by atoms with Crippen LogP contribution in [-0.2, 0) is 4.74 Å². The molecule has 56 valence electrons. The first kappa shape index (κ1) is 8.92. The zero-order chi connectivity index (χ0) is 7.28. The van der Waals surface area contributed by atoms with E-state index in [1.165, 1.54) is 0 Å². The Labute approximate surface area is 56.8 Å². The van der Waals surface area contributed by atoms with Crippen LogP contribution in [0.15, 0.2) is 0 Å². The van der Waals surface area contributed by atoms with Crippen LogP contribution in [0.3, 0.4) is 0 Å². The Kier molecular flexibility index (Phi) is 4.72. The van der Waals surface area contributed by atoms with Gasteiger partial charge in [-0.25, -0.2) is 0 Å². The van der Waals surface area contributed by atoms with E-state index in [1.54, 1.807) is 0 Å². The normalized spacial score (nSPS) is 14.3. The lowest BCUT2D eigenvalue weighted by Gasteiger charge is -2.15. The van der Waals surface area contributed by atoms with E-state index in [9.17, 15) is 0 Å². The van der Waals surface area contributed by atoms with Crippen LogP contribution in [0.5, 0.6) is 0 Å². The fourth-order valence-corrected chi connectivity index (χ4v) is 0.653. The molecule has 2 nitrogen and oxygen atoms in total. The molecule has 0 heterocycles. The van der Waals surface area contributed by atoms with Gasteiger partial charge in [-0.05, 0) is 20.3 Å². The first-order chi connectivity index (χ1) is 4.20. The average Bonchev–Trinajstić information content (AvgIpc) is 1.82. The van der Waals surface area contributed by atoms with E-state index in [-0.39, 0.29) is 18.8 Å². The molecule has 0 aliphatic rings. The Morgan fingerprint density at radius 2 is 2.00 bits per heavy atom. The van der Waals surface area contributed by atoms with Crippen LogP contribution in [0.1, 0.15) is 27.2 Å². The Morgan fingerprint density at radius 1 is 1.44 bits per heavy atom. The summed E-state index contributed by atoms with van der Waals surface area (Å²) in [5.74, 6) is 0. The van der Waals surface area contributed by atoms with Crippen molar-refractivity contribution in [3.8, 4) is 0 Å². The van der Waals surface area contributed by atoms with E-state index in [0.717, 1.165) is 6.42 Å². The second-order valence-electron chi connectivity index (χ2n) is 2.40. The van der Waals surface area contributed by atoms with Gasteiger partial charge >= 0.3 is 0 Å². The van der Waals surface area contributed by atoms with Gasteiger partial charge in [-0.15, -0.1) is 0 Å². The Bertz CT molecular complexity index is 57.9. The van der Waals surface area contributed by atoms with Crippen molar-refractivity contribution in [1.29, 1.82) is 0 Å². The lowest BCUT2D eigenvalue weighted by Crippen LogP contribution is -2.20. The molecule has 0 unspecified atom stereocenters. The third-order valence-electron chi connectivity index (χ3n) is 1.12. The molecule has 0 fully saturated rings. The van der Waals surface area contributed by atoms with Crippen LogP contribution in [0.4, 0.5) is 0 Å². The zero-order valence-corrected chi connectivity index (χ0v) is 6.42. The smallest absolute Gasteiger partial charge is 0.0806 e. The van der Waals surface area contributed by atoms with Crippen molar-refractivity contribution >= 4 is 0 Å². The molecule has 0 saturated carbocycles. The summed E-state index contributed by atoms with van der Waals surface area (Å²) < 4.78 is 5.30. The van der Waals surface area contributed by atoms with Gasteiger partial charge in [0.2, 0.25) is 0 Å². The van der Waals surface area contributed by atoms with Gasteiger partial charge in [-0.2, -0.15) is 0 Å². The maximum absolute atomic E-state index is 8.65. The SMILES string of the molecule is CC[C@H](CO)OC(C)C. The van der Waals surface area contributed by atoms with Gasteiger partial charge in [0.15, 0.2) is 0 Å². The van der Waals surface area contributed by atoms with E-state index in [0.29, 0.717) is 0 Å². The number of hydrogen-bond acceptors (Lipinski definition) is 2. The molecular formula is C7H16O2. The topological polar surface area (TPSA) is 29.5 Å². The van der Waals surface area contributed by atoms with Crippen molar-refractivity contribution in [2.75, 3.05) is 6.61 Å². The molecule has 0 amide bonds. The minimum atomic E-state index is 0.0324. The van der Waals surface area contributed by atoms with Crippen molar-refractivity contribution in [2.24, 2.45) is 0 Å². The maximum Gasteiger partial charge on any atom is 0.0806 e.